The Labute approximate surface area is 192 Å². The molecule has 1 heterocycles. The minimum absolute atomic E-state index is 0.0138. The smallest absolute Gasteiger partial charge is 0.257 e. The number of ketones is 1. The molecule has 174 valence electrons. The van der Waals surface area contributed by atoms with Crippen LogP contribution in [0.2, 0.25) is 0 Å². The van der Waals surface area contributed by atoms with Crippen LogP contribution < -0.4 is 10.2 Å². The molecule has 1 atom stereocenters. The summed E-state index contributed by atoms with van der Waals surface area (Å²) in [7, 11) is -0.917. The molecular formula is C24H26FN3O4S. The number of halogens is 1. The van der Waals surface area contributed by atoms with Gasteiger partial charge in [-0.15, -0.1) is 0 Å². The van der Waals surface area contributed by atoms with Crippen LogP contribution in [0.15, 0.2) is 47.4 Å². The zero-order valence-corrected chi connectivity index (χ0v) is 19.6. The number of allylic oxidation sites excluding steroid dienone is 2. The second kappa shape index (κ2) is 8.72. The molecule has 1 aliphatic heterocycles. The summed E-state index contributed by atoms with van der Waals surface area (Å²) in [4.78, 5) is 26.9. The van der Waals surface area contributed by atoms with E-state index in [1.165, 1.54) is 26.2 Å². The fourth-order valence-electron chi connectivity index (χ4n) is 4.21. The zero-order chi connectivity index (χ0) is 23.9. The summed E-state index contributed by atoms with van der Waals surface area (Å²) in [6, 6.07) is 9.68. The molecule has 0 unspecified atom stereocenters. The molecule has 2 aromatic carbocycles. The van der Waals surface area contributed by atoms with Gasteiger partial charge in [-0.1, -0.05) is 6.07 Å². The molecule has 1 aliphatic carbocycles. The number of fused-ring (bicyclic) bond motifs is 1. The Balaban J connectivity index is 1.71. The van der Waals surface area contributed by atoms with Crippen molar-refractivity contribution in [1.82, 2.24) is 4.31 Å². The molecule has 1 saturated heterocycles. The number of alkyl halides is 1. The fourth-order valence-corrected chi connectivity index (χ4v) is 5.14. The lowest BCUT2D eigenvalue weighted by Gasteiger charge is -2.22. The number of carbonyl (C=O) groups is 2. The second-order valence-electron chi connectivity index (χ2n) is 8.59. The normalized spacial score (nSPS) is 18.3. The molecule has 7 nitrogen and oxygen atoms in total. The minimum atomic E-state index is -3.76. The molecule has 1 fully saturated rings. The van der Waals surface area contributed by atoms with Crippen LogP contribution in [0.25, 0.3) is 5.57 Å². The first-order chi connectivity index (χ1) is 15.6. The van der Waals surface area contributed by atoms with Gasteiger partial charge in [0.15, 0.2) is 5.78 Å². The van der Waals surface area contributed by atoms with Gasteiger partial charge in [0, 0.05) is 45.0 Å². The van der Waals surface area contributed by atoms with E-state index in [0.29, 0.717) is 30.8 Å². The predicted octanol–water partition coefficient (Wildman–Crippen LogP) is 3.27. The van der Waals surface area contributed by atoms with E-state index < -0.39 is 22.1 Å². The van der Waals surface area contributed by atoms with Crippen LogP contribution in [0.4, 0.5) is 15.8 Å². The highest BCUT2D eigenvalue weighted by atomic mass is 32.2. The number of benzene rings is 2. The van der Waals surface area contributed by atoms with Crippen molar-refractivity contribution in [2.24, 2.45) is 0 Å². The summed E-state index contributed by atoms with van der Waals surface area (Å²) in [6.07, 6.45) is 1.26. The summed E-state index contributed by atoms with van der Waals surface area (Å²) < 4.78 is 40.3. The largest absolute Gasteiger partial charge is 0.368 e. The maximum atomic E-state index is 13.9. The number of hydrogen-bond acceptors (Lipinski definition) is 5. The summed E-state index contributed by atoms with van der Waals surface area (Å²) in [6.45, 7) is 2.44. The van der Waals surface area contributed by atoms with Crippen molar-refractivity contribution in [3.05, 3.63) is 59.2 Å². The third-order valence-electron chi connectivity index (χ3n) is 6.00. The molecule has 1 N–H and O–H groups in total. The van der Waals surface area contributed by atoms with Gasteiger partial charge in [0.25, 0.3) is 5.91 Å². The van der Waals surface area contributed by atoms with Crippen LogP contribution in [0.5, 0.6) is 0 Å². The first-order valence-corrected chi connectivity index (χ1v) is 12.1. The summed E-state index contributed by atoms with van der Waals surface area (Å²) in [5, 5.41) is 2.84. The molecule has 0 radical (unpaired) electrons. The molecule has 9 heteroatoms. The minimum Gasteiger partial charge on any atom is -0.368 e. The number of hydrogen-bond donors (Lipinski definition) is 1. The van der Waals surface area contributed by atoms with Crippen LogP contribution >= 0.6 is 0 Å². The third kappa shape index (κ3) is 4.56. The number of rotatable bonds is 5. The van der Waals surface area contributed by atoms with E-state index in [2.05, 4.69) is 5.32 Å². The van der Waals surface area contributed by atoms with Gasteiger partial charge >= 0.3 is 0 Å². The Hall–Kier alpha value is -3.04. The Kier molecular flexibility index (Phi) is 6.11. The third-order valence-corrected chi connectivity index (χ3v) is 7.81. The summed E-state index contributed by atoms with van der Waals surface area (Å²) in [5.74, 6) is -0.450. The SMILES string of the molecule is CC1=CC(=O)Cc2ccc(NC(=O)c3cc(S(=O)(=O)N(C)C)ccc3N3CC[C@H](F)C3)cc21. The molecule has 0 spiro atoms. The van der Waals surface area contributed by atoms with Gasteiger partial charge in [0.05, 0.1) is 10.5 Å². The lowest BCUT2D eigenvalue weighted by Crippen LogP contribution is -2.26. The lowest BCUT2D eigenvalue weighted by molar-refractivity contribution is -0.114. The monoisotopic (exact) mass is 471 g/mol. The van der Waals surface area contributed by atoms with Crippen molar-refractivity contribution in [3.63, 3.8) is 0 Å². The Morgan fingerprint density at radius 3 is 2.61 bits per heavy atom. The number of anilines is 2. The Morgan fingerprint density at radius 1 is 1.18 bits per heavy atom. The van der Waals surface area contributed by atoms with Gasteiger partial charge in [0.1, 0.15) is 6.17 Å². The van der Waals surface area contributed by atoms with Crippen LogP contribution in [0.1, 0.15) is 34.8 Å². The molecular weight excluding hydrogens is 445 g/mol. The van der Waals surface area contributed by atoms with E-state index in [0.717, 1.165) is 21.0 Å². The average molecular weight is 472 g/mol. The molecule has 0 saturated carbocycles. The van der Waals surface area contributed by atoms with E-state index >= 15 is 0 Å². The fraction of sp³-hybridized carbons (Fsp3) is 0.333. The number of amides is 1. The first kappa shape index (κ1) is 23.1. The van der Waals surface area contributed by atoms with Gasteiger partial charge < -0.3 is 10.2 Å². The van der Waals surface area contributed by atoms with Gasteiger partial charge in [-0.3, -0.25) is 9.59 Å². The molecule has 0 aromatic heterocycles. The molecule has 1 amide bonds. The van der Waals surface area contributed by atoms with Crippen LogP contribution in [-0.4, -0.2) is 57.8 Å². The van der Waals surface area contributed by atoms with Crippen molar-refractivity contribution in [2.75, 3.05) is 37.4 Å². The van der Waals surface area contributed by atoms with Crippen LogP contribution in [-0.2, 0) is 21.2 Å². The van der Waals surface area contributed by atoms with Crippen molar-refractivity contribution >= 4 is 38.7 Å². The first-order valence-electron chi connectivity index (χ1n) is 10.7. The van der Waals surface area contributed by atoms with Gasteiger partial charge in [-0.05, 0) is 66.5 Å². The lowest BCUT2D eigenvalue weighted by atomic mass is 9.90. The predicted molar refractivity (Wildman–Crippen MR) is 126 cm³/mol. The molecule has 2 aliphatic rings. The van der Waals surface area contributed by atoms with Gasteiger partial charge in [-0.2, -0.15) is 0 Å². The van der Waals surface area contributed by atoms with E-state index in [1.54, 1.807) is 35.2 Å². The summed E-state index contributed by atoms with van der Waals surface area (Å²) in [5.41, 5.74) is 3.78. The van der Waals surface area contributed by atoms with Crippen molar-refractivity contribution in [1.29, 1.82) is 0 Å². The second-order valence-corrected chi connectivity index (χ2v) is 10.7. The average Bonchev–Trinajstić information content (AvgIpc) is 3.19. The molecule has 2 aromatic rings. The number of nitrogens with one attached hydrogen (secondary N) is 1. The maximum absolute atomic E-state index is 13.9. The topological polar surface area (TPSA) is 86.8 Å². The number of nitrogens with zero attached hydrogens (tertiary/aromatic N) is 2. The number of carbonyl (C=O) groups excluding carboxylic acids is 2. The Morgan fingerprint density at radius 2 is 1.94 bits per heavy atom. The Bertz CT molecular complexity index is 1270. The highest BCUT2D eigenvalue weighted by Gasteiger charge is 2.28. The highest BCUT2D eigenvalue weighted by molar-refractivity contribution is 7.89. The van der Waals surface area contributed by atoms with Gasteiger partial charge in [0.2, 0.25) is 10.0 Å². The number of sulfonamides is 1. The standard InChI is InChI=1S/C24H26FN3O4S/c1-15-10-19(29)11-16-4-5-18(12-21(15)16)26-24(30)22-13-20(33(31,32)27(2)3)6-7-23(22)28-9-8-17(25)14-28/h4-7,10,12-13,17H,8-9,11,14H2,1-3H3,(H,26,30)/t17-/m0/s1. The molecule has 4 rings (SSSR count). The van der Waals surface area contributed by atoms with E-state index in [9.17, 15) is 22.4 Å². The molecule has 0 bridgehead atoms. The summed E-state index contributed by atoms with van der Waals surface area (Å²) >= 11 is 0. The van der Waals surface area contributed by atoms with Crippen LogP contribution in [0, 0.1) is 0 Å². The quantitative estimate of drug-likeness (QED) is 0.723. The highest BCUT2D eigenvalue weighted by Crippen LogP contribution is 2.31. The van der Waals surface area contributed by atoms with Crippen molar-refractivity contribution in [2.45, 2.75) is 30.8 Å². The maximum Gasteiger partial charge on any atom is 0.257 e. The van der Waals surface area contributed by atoms with Gasteiger partial charge in [-0.25, -0.2) is 17.1 Å². The molecule has 33 heavy (non-hydrogen) atoms. The van der Waals surface area contributed by atoms with E-state index in [4.69, 9.17) is 0 Å². The van der Waals surface area contributed by atoms with Crippen LogP contribution in [0.3, 0.4) is 0 Å². The zero-order valence-electron chi connectivity index (χ0n) is 18.8. The van der Waals surface area contributed by atoms with E-state index in [-0.39, 0.29) is 22.8 Å². The van der Waals surface area contributed by atoms with Crippen molar-refractivity contribution < 1.29 is 22.4 Å². The van der Waals surface area contributed by atoms with Crippen molar-refractivity contribution in [3.8, 4) is 0 Å². The van der Waals surface area contributed by atoms with E-state index in [1.807, 2.05) is 6.92 Å².